The summed E-state index contributed by atoms with van der Waals surface area (Å²) in [6.45, 7) is 14.9. The summed E-state index contributed by atoms with van der Waals surface area (Å²) in [6.07, 6.45) is 8.37. The van der Waals surface area contributed by atoms with E-state index in [0.29, 0.717) is 0 Å². The van der Waals surface area contributed by atoms with Crippen LogP contribution in [0.5, 0.6) is 0 Å². The average molecular weight is 1800 g/mol. The summed E-state index contributed by atoms with van der Waals surface area (Å²) in [5.41, 5.74) is 26.7. The van der Waals surface area contributed by atoms with E-state index in [0.717, 1.165) is 51.5 Å². The molecular weight excluding hydrogens is 1740 g/mol. The van der Waals surface area contributed by atoms with Crippen molar-refractivity contribution in [1.82, 2.24) is 19.9 Å². The van der Waals surface area contributed by atoms with Crippen molar-refractivity contribution in [3.63, 3.8) is 0 Å². The zero-order chi connectivity index (χ0) is 55.6. The van der Waals surface area contributed by atoms with Gasteiger partial charge in [0.15, 0.2) is 0 Å². The largest absolute Gasteiger partial charge is 0.305 e. The number of rotatable bonds is 9. The van der Waals surface area contributed by atoms with Crippen molar-refractivity contribution in [2.45, 2.75) is 54.9 Å². The summed E-state index contributed by atoms with van der Waals surface area (Å²) < 4.78 is 0. The maximum absolute atomic E-state index is 4.55. The van der Waals surface area contributed by atoms with Gasteiger partial charge in [0.2, 0.25) is 0 Å². The van der Waals surface area contributed by atoms with Crippen LogP contribution in [0.3, 0.4) is 0 Å². The van der Waals surface area contributed by atoms with Crippen molar-refractivity contribution < 1.29 is 80.4 Å². The van der Waals surface area contributed by atoms with Crippen LogP contribution in [0.15, 0.2) is 249 Å². The number of hydrogen-bond donors (Lipinski definition) is 0. The van der Waals surface area contributed by atoms with E-state index in [1.165, 1.54) is 83.5 Å². The van der Waals surface area contributed by atoms with Crippen molar-refractivity contribution in [1.29, 1.82) is 0 Å². The fourth-order valence-corrected chi connectivity index (χ4v) is 9.44. The Morgan fingerprint density at radius 2 is 0.750 bits per heavy atom. The molecule has 4 aromatic heterocycles. The molecule has 0 fully saturated rings. The molecule has 0 atom stereocenters. The monoisotopic (exact) mass is 1800 g/mol. The van der Waals surface area contributed by atoms with E-state index in [4.69, 9.17) is 0 Å². The van der Waals surface area contributed by atoms with E-state index < -0.39 is 0 Å². The number of hydrogen-bond acceptors (Lipinski definition) is 4. The van der Waals surface area contributed by atoms with Crippen molar-refractivity contribution >= 4 is 0 Å². The third-order valence-corrected chi connectivity index (χ3v) is 13.7. The van der Waals surface area contributed by atoms with E-state index in [2.05, 4.69) is 226 Å². The van der Waals surface area contributed by atoms with Gasteiger partial charge in [0.05, 0.1) is 0 Å². The molecule has 4 nitrogen and oxygen atoms in total. The Morgan fingerprint density at radius 1 is 0.310 bits per heavy atom. The first-order valence-corrected chi connectivity index (χ1v) is 27.1. The maximum Gasteiger partial charge on any atom is 0.0163 e. The van der Waals surface area contributed by atoms with Crippen molar-refractivity contribution in [3.8, 4) is 89.5 Å². The molecule has 4 radical (unpaired) electrons. The first-order chi connectivity index (χ1) is 39.1. The van der Waals surface area contributed by atoms with Gasteiger partial charge in [-0.25, -0.2) is 0 Å². The summed E-state index contributed by atoms with van der Waals surface area (Å²) in [7, 11) is 0. The second kappa shape index (κ2) is 34.0. The van der Waals surface area contributed by atoms with Gasteiger partial charge < -0.3 is 19.9 Å². The molecule has 428 valence electrons. The van der Waals surface area contributed by atoms with Gasteiger partial charge in [-0.15, -0.1) is 130 Å². The first kappa shape index (κ1) is 67.7. The third-order valence-electron chi connectivity index (χ3n) is 13.7. The van der Waals surface area contributed by atoms with Gasteiger partial charge in [0, 0.05) is 105 Å². The molecule has 8 aromatic carbocycles. The third kappa shape index (κ3) is 19.0. The first-order valence-electron chi connectivity index (χ1n) is 27.1. The molecule has 12 aromatic rings. The fraction of sp³-hybridized carbons (Fsp3) is 0.105. The summed E-state index contributed by atoms with van der Waals surface area (Å²) >= 11 is 0. The minimum Gasteiger partial charge on any atom is -0.305 e. The van der Waals surface area contributed by atoms with Crippen LogP contribution < -0.4 is 0 Å². The average Bonchev–Trinajstić information content (AvgIpc) is 3.49. The van der Waals surface area contributed by atoms with Gasteiger partial charge in [0.25, 0.3) is 0 Å². The molecule has 84 heavy (non-hydrogen) atoms. The van der Waals surface area contributed by atoms with Crippen LogP contribution in [0.25, 0.3) is 89.5 Å². The standard InChI is InChI=1S/C21H20N.2C19H16N.C17H12N.4Ir/c1-14-10-15(2)12-20(11-14)18-6-5-7-19(13-18)21-17(4)16(3)8-9-22-21;1-14-11-15(2)13-18(12-14)16-6-8-17(9-7-16)19-5-3-4-10-20-19;1-2-15-11-12-20-19(13-15)18-10-6-9-17(14-18)16-7-4-3-5-8-16;1-2-6-14(7-3-1)15-9-11-16(12-10-15)17-8-4-5-13-18-17;;;;/h5-6,8-13H,1-4H3;3-8,10-13H,1-2H3;3-9,11-14H,2H2,1H3;1-11,13H;;;;/q4*-1;;;;. The van der Waals surface area contributed by atoms with Crippen LogP contribution in [0.4, 0.5) is 0 Å². The van der Waals surface area contributed by atoms with Crippen molar-refractivity contribution in [2.75, 3.05) is 0 Å². The van der Waals surface area contributed by atoms with E-state index in [9.17, 15) is 0 Å². The second-order valence-electron chi connectivity index (χ2n) is 19.9. The van der Waals surface area contributed by atoms with Crippen LogP contribution >= 0.6 is 0 Å². The van der Waals surface area contributed by atoms with Gasteiger partial charge >= 0.3 is 0 Å². The normalized spacial score (nSPS) is 9.99. The Kier molecular flexibility index (Phi) is 27.5. The van der Waals surface area contributed by atoms with E-state index in [1.54, 1.807) is 12.4 Å². The molecule has 0 saturated carbocycles. The molecule has 0 spiro atoms. The number of aromatic nitrogens is 4. The van der Waals surface area contributed by atoms with Crippen LogP contribution in [0.2, 0.25) is 0 Å². The SMILES string of the molecule is CCc1ccnc(-c2[c-]ccc(-c3ccccc3)c2)c1.Cc1cc(C)cc(-c2c[c-]c(-c3ccccn3)cc2)c1.Cc1cc(C)cc(-c2cc[c-]c(-c3nccc(C)c3C)c2)c1.[Ir].[Ir].[Ir].[Ir].[c-]1cc(-c2ccccc2)ccc1-c1ccccn1. The summed E-state index contributed by atoms with van der Waals surface area (Å²) in [6, 6.07) is 90.2. The molecule has 12 rings (SSSR count). The summed E-state index contributed by atoms with van der Waals surface area (Å²) in [4.78, 5) is 17.7. The summed E-state index contributed by atoms with van der Waals surface area (Å²) in [5, 5.41) is 0. The molecule has 0 aliphatic heterocycles. The van der Waals surface area contributed by atoms with Crippen LogP contribution in [0, 0.1) is 65.8 Å². The minimum atomic E-state index is 0. The van der Waals surface area contributed by atoms with Crippen LogP contribution in [0.1, 0.15) is 45.9 Å². The number of benzene rings is 8. The predicted octanol–water partition coefficient (Wildman–Crippen LogP) is 19.3. The zero-order valence-corrected chi connectivity index (χ0v) is 57.6. The van der Waals surface area contributed by atoms with E-state index >= 15 is 0 Å². The van der Waals surface area contributed by atoms with Crippen molar-refractivity contribution in [2.24, 2.45) is 0 Å². The zero-order valence-electron chi connectivity index (χ0n) is 48.0. The van der Waals surface area contributed by atoms with Gasteiger partial charge in [-0.3, -0.25) is 0 Å². The van der Waals surface area contributed by atoms with Gasteiger partial charge in [0.1, 0.15) is 0 Å². The Morgan fingerprint density at radius 3 is 1.24 bits per heavy atom. The molecule has 4 heterocycles. The van der Waals surface area contributed by atoms with E-state index in [-0.39, 0.29) is 80.4 Å². The topological polar surface area (TPSA) is 51.6 Å². The Hall–Kier alpha value is -7.04. The number of nitrogens with zero attached hydrogens (tertiary/aromatic N) is 4. The Bertz CT molecular complexity index is 3820. The number of aryl methyl sites for hydroxylation is 6. The maximum atomic E-state index is 4.55. The second-order valence-corrected chi connectivity index (χ2v) is 19.9. The van der Waals surface area contributed by atoms with Gasteiger partial charge in [-0.1, -0.05) is 196 Å². The van der Waals surface area contributed by atoms with E-state index in [1.807, 2.05) is 103 Å². The van der Waals surface area contributed by atoms with Crippen LogP contribution in [-0.4, -0.2) is 19.9 Å². The molecule has 0 bridgehead atoms. The molecule has 0 aliphatic rings. The van der Waals surface area contributed by atoms with Crippen LogP contribution in [-0.2, 0) is 86.8 Å². The quantitative estimate of drug-likeness (QED) is 0.135. The van der Waals surface area contributed by atoms with Gasteiger partial charge in [-0.2, -0.15) is 0 Å². The van der Waals surface area contributed by atoms with Crippen molar-refractivity contribution in [3.05, 3.63) is 312 Å². The molecule has 0 unspecified atom stereocenters. The smallest absolute Gasteiger partial charge is 0.0163 e. The predicted molar refractivity (Wildman–Crippen MR) is 334 cm³/mol. The molecule has 8 heteroatoms. The molecule has 0 saturated heterocycles. The summed E-state index contributed by atoms with van der Waals surface area (Å²) in [5.74, 6) is 0. The molecule has 0 N–H and O–H groups in total. The molecule has 0 aliphatic carbocycles. The fourth-order valence-electron chi connectivity index (χ4n) is 9.44. The Labute approximate surface area is 552 Å². The Balaban J connectivity index is 0.000000202. The molecular formula is C76H64Ir4N4-4. The van der Waals surface area contributed by atoms with Gasteiger partial charge in [-0.05, 0) is 106 Å². The molecule has 0 amide bonds. The number of pyridine rings is 4. The minimum absolute atomic E-state index is 0.